The van der Waals surface area contributed by atoms with Crippen LogP contribution in [-0.2, 0) is 16.6 Å². The van der Waals surface area contributed by atoms with Crippen molar-refractivity contribution in [1.29, 1.82) is 0 Å². The Morgan fingerprint density at radius 2 is 2.00 bits per heavy atom. The second kappa shape index (κ2) is 7.98. The number of hydrogen-bond donors (Lipinski definition) is 1. The van der Waals surface area contributed by atoms with Crippen LogP contribution in [0.25, 0.3) is 0 Å². The van der Waals surface area contributed by atoms with Crippen molar-refractivity contribution in [1.82, 2.24) is 14.6 Å². The minimum Gasteiger partial charge on any atom is -0.351 e. The predicted octanol–water partition coefficient (Wildman–Crippen LogP) is 1.41. The van der Waals surface area contributed by atoms with E-state index in [1.165, 1.54) is 22.5 Å². The molecule has 1 aromatic carbocycles. The van der Waals surface area contributed by atoms with Crippen LogP contribution in [0.2, 0.25) is 0 Å². The zero-order chi connectivity index (χ0) is 17.6. The first-order valence-electron chi connectivity index (χ1n) is 7.24. The molecule has 0 aliphatic rings. The van der Waals surface area contributed by atoms with Gasteiger partial charge in [0, 0.05) is 32.0 Å². The van der Waals surface area contributed by atoms with Gasteiger partial charge in [-0.25, -0.2) is 12.8 Å². The van der Waals surface area contributed by atoms with Crippen LogP contribution in [0.5, 0.6) is 0 Å². The maximum Gasteiger partial charge on any atom is 0.254 e. The monoisotopic (exact) mass is 351 g/mol. The Morgan fingerprint density at radius 1 is 1.25 bits per heavy atom. The van der Waals surface area contributed by atoms with Crippen molar-refractivity contribution in [3.8, 4) is 0 Å². The molecule has 128 valence electrons. The summed E-state index contributed by atoms with van der Waals surface area (Å²) in [7, 11) is -3.45. The third kappa shape index (κ3) is 5.10. The van der Waals surface area contributed by atoms with Gasteiger partial charge in [0.15, 0.2) is 0 Å². The van der Waals surface area contributed by atoms with Gasteiger partial charge in [-0.05, 0) is 23.8 Å². The number of benzene rings is 1. The Kier molecular flexibility index (Phi) is 5.99. The van der Waals surface area contributed by atoms with Crippen LogP contribution in [0.4, 0.5) is 4.39 Å². The van der Waals surface area contributed by atoms with Gasteiger partial charge >= 0.3 is 0 Å². The first-order chi connectivity index (χ1) is 11.4. The molecule has 0 radical (unpaired) electrons. The lowest BCUT2D eigenvalue weighted by Crippen LogP contribution is -2.37. The molecule has 0 atom stereocenters. The average molecular weight is 351 g/mol. The quantitative estimate of drug-likeness (QED) is 0.818. The highest BCUT2D eigenvalue weighted by atomic mass is 32.2. The van der Waals surface area contributed by atoms with E-state index >= 15 is 0 Å². The van der Waals surface area contributed by atoms with Gasteiger partial charge in [-0.1, -0.05) is 18.2 Å². The number of amides is 1. The Labute approximate surface area is 140 Å². The highest BCUT2D eigenvalue weighted by Gasteiger charge is 2.18. The van der Waals surface area contributed by atoms with Crippen LogP contribution >= 0.6 is 0 Å². The second-order valence-corrected chi connectivity index (χ2v) is 7.18. The summed E-state index contributed by atoms with van der Waals surface area (Å²) in [4.78, 5) is 15.9. The van der Waals surface area contributed by atoms with Crippen molar-refractivity contribution < 1.29 is 17.6 Å². The van der Waals surface area contributed by atoms with E-state index < -0.39 is 21.7 Å². The highest BCUT2D eigenvalue weighted by molar-refractivity contribution is 7.88. The SMILES string of the molecule is CS(=O)(=O)N(CCNC(=O)c1ccccc1F)Cc1cccnc1. The van der Waals surface area contributed by atoms with E-state index in [2.05, 4.69) is 10.3 Å². The van der Waals surface area contributed by atoms with Crippen molar-refractivity contribution in [3.05, 3.63) is 65.7 Å². The molecule has 1 N–H and O–H groups in total. The molecule has 0 aliphatic heterocycles. The summed E-state index contributed by atoms with van der Waals surface area (Å²) in [6.07, 6.45) is 4.28. The molecule has 0 bridgehead atoms. The van der Waals surface area contributed by atoms with Gasteiger partial charge in [-0.2, -0.15) is 4.31 Å². The molecule has 24 heavy (non-hydrogen) atoms. The molecule has 8 heteroatoms. The first-order valence-corrected chi connectivity index (χ1v) is 9.09. The lowest BCUT2D eigenvalue weighted by molar-refractivity contribution is 0.0947. The van der Waals surface area contributed by atoms with Crippen molar-refractivity contribution >= 4 is 15.9 Å². The van der Waals surface area contributed by atoms with Gasteiger partial charge in [0.05, 0.1) is 11.8 Å². The van der Waals surface area contributed by atoms with E-state index in [9.17, 15) is 17.6 Å². The fraction of sp³-hybridized carbons (Fsp3) is 0.250. The van der Waals surface area contributed by atoms with Crippen LogP contribution in [0, 0.1) is 5.82 Å². The lowest BCUT2D eigenvalue weighted by Gasteiger charge is -2.20. The molecule has 0 aliphatic carbocycles. The zero-order valence-electron chi connectivity index (χ0n) is 13.1. The summed E-state index contributed by atoms with van der Waals surface area (Å²) < 4.78 is 38.5. The molecular formula is C16H18FN3O3S. The molecule has 0 saturated carbocycles. The standard InChI is InChI=1S/C16H18FN3O3S/c1-24(22,23)20(12-13-5-4-8-18-11-13)10-9-19-16(21)14-6-2-3-7-15(14)17/h2-8,11H,9-10,12H2,1H3,(H,19,21). The number of rotatable bonds is 7. The van der Waals surface area contributed by atoms with Crippen molar-refractivity contribution in [3.63, 3.8) is 0 Å². The summed E-state index contributed by atoms with van der Waals surface area (Å²) in [6, 6.07) is 9.10. The predicted molar refractivity (Wildman–Crippen MR) is 88.2 cm³/mol. The van der Waals surface area contributed by atoms with Crippen molar-refractivity contribution in [2.24, 2.45) is 0 Å². The van der Waals surface area contributed by atoms with Crippen LogP contribution in [0.3, 0.4) is 0 Å². The summed E-state index contributed by atoms with van der Waals surface area (Å²) in [6.45, 7) is 0.302. The van der Waals surface area contributed by atoms with Gasteiger partial charge in [-0.3, -0.25) is 9.78 Å². The van der Waals surface area contributed by atoms with E-state index in [4.69, 9.17) is 0 Å². The average Bonchev–Trinajstić information content (AvgIpc) is 2.54. The molecule has 6 nitrogen and oxygen atoms in total. The number of hydrogen-bond acceptors (Lipinski definition) is 4. The maximum absolute atomic E-state index is 13.5. The van der Waals surface area contributed by atoms with Gasteiger partial charge in [0.2, 0.25) is 10.0 Å². The smallest absolute Gasteiger partial charge is 0.254 e. The fourth-order valence-electron chi connectivity index (χ4n) is 2.09. The normalized spacial score (nSPS) is 11.5. The summed E-state index contributed by atoms with van der Waals surface area (Å²) >= 11 is 0. The van der Waals surface area contributed by atoms with E-state index in [-0.39, 0.29) is 25.2 Å². The summed E-state index contributed by atoms with van der Waals surface area (Å²) in [5, 5.41) is 2.53. The number of aromatic nitrogens is 1. The summed E-state index contributed by atoms with van der Waals surface area (Å²) in [5.74, 6) is -1.20. The first kappa shape index (κ1) is 18.0. The van der Waals surface area contributed by atoms with Gasteiger partial charge in [-0.15, -0.1) is 0 Å². The Morgan fingerprint density at radius 3 is 2.62 bits per heavy atom. The number of carbonyl (C=O) groups is 1. The molecule has 0 spiro atoms. The van der Waals surface area contributed by atoms with Crippen LogP contribution in [0.1, 0.15) is 15.9 Å². The number of halogens is 1. The molecule has 2 aromatic rings. The second-order valence-electron chi connectivity index (χ2n) is 5.19. The molecule has 1 amide bonds. The molecule has 0 unspecified atom stereocenters. The number of nitrogens with one attached hydrogen (secondary N) is 1. The van der Waals surface area contributed by atoms with E-state index in [1.807, 2.05) is 0 Å². The minimum absolute atomic E-state index is 0.0699. The van der Waals surface area contributed by atoms with Crippen LogP contribution < -0.4 is 5.32 Å². The lowest BCUT2D eigenvalue weighted by atomic mass is 10.2. The number of sulfonamides is 1. The minimum atomic E-state index is -3.45. The molecular weight excluding hydrogens is 333 g/mol. The zero-order valence-corrected chi connectivity index (χ0v) is 14.0. The van der Waals surface area contributed by atoms with E-state index in [1.54, 1.807) is 30.6 Å². The molecule has 1 aromatic heterocycles. The number of carbonyl (C=O) groups excluding carboxylic acids is 1. The number of nitrogens with zero attached hydrogens (tertiary/aromatic N) is 2. The van der Waals surface area contributed by atoms with E-state index in [0.29, 0.717) is 0 Å². The molecule has 2 rings (SSSR count). The van der Waals surface area contributed by atoms with Crippen LogP contribution in [0.15, 0.2) is 48.8 Å². The number of pyridine rings is 1. The van der Waals surface area contributed by atoms with Crippen molar-refractivity contribution in [2.45, 2.75) is 6.54 Å². The largest absolute Gasteiger partial charge is 0.351 e. The van der Waals surface area contributed by atoms with Gasteiger partial charge < -0.3 is 5.32 Å². The van der Waals surface area contributed by atoms with Gasteiger partial charge in [0.25, 0.3) is 5.91 Å². The highest BCUT2D eigenvalue weighted by Crippen LogP contribution is 2.08. The topological polar surface area (TPSA) is 79.4 Å². The van der Waals surface area contributed by atoms with Crippen LogP contribution in [-0.4, -0.2) is 43.0 Å². The third-order valence-corrected chi connectivity index (χ3v) is 4.57. The summed E-state index contributed by atoms with van der Waals surface area (Å²) in [5.41, 5.74) is 0.666. The Balaban J connectivity index is 1.96. The molecule has 1 heterocycles. The Hall–Kier alpha value is -2.32. The molecule has 0 fully saturated rings. The third-order valence-electron chi connectivity index (χ3n) is 3.32. The fourth-order valence-corrected chi connectivity index (χ4v) is 2.90. The van der Waals surface area contributed by atoms with E-state index in [0.717, 1.165) is 11.8 Å². The van der Waals surface area contributed by atoms with Crippen molar-refractivity contribution in [2.75, 3.05) is 19.3 Å². The molecule has 0 saturated heterocycles. The maximum atomic E-state index is 13.5. The van der Waals surface area contributed by atoms with Gasteiger partial charge in [0.1, 0.15) is 5.82 Å². The Bertz CT molecular complexity index is 797.